The Balaban J connectivity index is 2.37. The fraction of sp³-hybridized carbons (Fsp3) is 0.812. The lowest BCUT2D eigenvalue weighted by Crippen LogP contribution is -2.60. The number of hydrogen-bond donors (Lipinski definition) is 6. The van der Waals surface area contributed by atoms with Gasteiger partial charge in [-0.25, -0.2) is 0 Å². The van der Waals surface area contributed by atoms with Crippen molar-refractivity contribution in [3.8, 4) is 0 Å². The van der Waals surface area contributed by atoms with E-state index in [2.05, 4.69) is 55.6 Å². The molecule has 0 spiro atoms. The van der Waals surface area contributed by atoms with Crippen molar-refractivity contribution in [2.24, 2.45) is 0 Å². The summed E-state index contributed by atoms with van der Waals surface area (Å²) in [6, 6.07) is -0.823. The highest BCUT2D eigenvalue weighted by Gasteiger charge is 2.44. The summed E-state index contributed by atoms with van der Waals surface area (Å²) in [5.74, 6) is -0.192. The Morgan fingerprint density at radius 3 is 1.61 bits per heavy atom. The van der Waals surface area contributed by atoms with Crippen molar-refractivity contribution in [1.29, 1.82) is 0 Å². The Kier molecular flexibility index (Phi) is 35.8. The summed E-state index contributed by atoms with van der Waals surface area (Å²) in [4.78, 5) is 13.0. The molecule has 0 aromatic heterocycles. The third kappa shape index (κ3) is 29.1. The Bertz CT molecular complexity index is 1030. The van der Waals surface area contributed by atoms with Crippen LogP contribution in [0.5, 0.6) is 0 Å². The number of nitrogens with one attached hydrogen (secondary N) is 1. The van der Waals surface area contributed by atoms with Gasteiger partial charge in [-0.05, 0) is 57.8 Å². The first kappa shape index (κ1) is 53.2. The van der Waals surface area contributed by atoms with E-state index < -0.39 is 49.5 Å². The number of unbranched alkanes of at least 4 members (excludes halogenated alkanes) is 23. The Labute approximate surface area is 348 Å². The second-order valence-electron chi connectivity index (χ2n) is 16.2. The van der Waals surface area contributed by atoms with Gasteiger partial charge in [0.1, 0.15) is 24.4 Å². The highest BCUT2D eigenvalue weighted by Crippen LogP contribution is 2.22. The zero-order chi connectivity index (χ0) is 41.6. The van der Waals surface area contributed by atoms with Gasteiger partial charge in [0.25, 0.3) is 0 Å². The molecule has 1 heterocycles. The summed E-state index contributed by atoms with van der Waals surface area (Å²) < 4.78 is 11.2. The van der Waals surface area contributed by atoms with Crippen LogP contribution in [-0.2, 0) is 14.3 Å². The van der Waals surface area contributed by atoms with Gasteiger partial charge in [-0.15, -0.1) is 0 Å². The smallest absolute Gasteiger partial charge is 0.220 e. The lowest BCUT2D eigenvalue weighted by atomic mass is 9.99. The molecule has 0 radical (unpaired) electrons. The van der Waals surface area contributed by atoms with Crippen molar-refractivity contribution in [2.75, 3.05) is 13.2 Å². The number of rotatable bonds is 38. The number of ether oxygens (including phenoxy) is 2. The van der Waals surface area contributed by atoms with Crippen LogP contribution in [0, 0.1) is 0 Å². The SMILES string of the molecule is CCCCC/C=C\C=C/CCCCCCCCCCCCC(=O)NC(COC1OC(CO)C(O)C(O)C1O)C(O)/C=C/CC/C=C/CCCCCCCCCCC. The molecule has 0 aromatic carbocycles. The highest BCUT2D eigenvalue weighted by atomic mass is 16.7. The monoisotopic (exact) mass is 806 g/mol. The molecule has 1 amide bonds. The van der Waals surface area contributed by atoms with Crippen LogP contribution in [0.1, 0.15) is 194 Å². The molecule has 0 aliphatic carbocycles. The van der Waals surface area contributed by atoms with E-state index in [0.717, 1.165) is 44.9 Å². The molecule has 1 saturated heterocycles. The van der Waals surface area contributed by atoms with E-state index in [-0.39, 0.29) is 12.5 Å². The summed E-state index contributed by atoms with van der Waals surface area (Å²) in [6.45, 7) is 3.72. The molecule has 332 valence electrons. The normalized spacial score (nSPS) is 21.4. The van der Waals surface area contributed by atoms with E-state index in [9.17, 15) is 30.3 Å². The van der Waals surface area contributed by atoms with Crippen LogP contribution in [-0.4, -0.2) is 87.5 Å². The quantitative estimate of drug-likeness (QED) is 0.0205. The second kappa shape index (κ2) is 38.4. The standard InChI is InChI=1S/C48H87NO8/c1-3-5-7-9-11-13-15-17-19-20-21-22-24-26-28-30-32-34-36-38-44(52)49-41(40-56-48-47(55)46(54)45(53)43(39-50)57-48)42(51)37-35-33-31-29-27-25-23-18-16-14-12-10-8-6-4-2/h11,13,15,17,27,29,35,37,41-43,45-48,50-51,53-55H,3-10,12,14,16,18-26,28,30-34,36,38-40H2,1-2H3,(H,49,52)/b13-11-,17-15-,29-27+,37-35+. The van der Waals surface area contributed by atoms with E-state index >= 15 is 0 Å². The Morgan fingerprint density at radius 2 is 1.05 bits per heavy atom. The fourth-order valence-corrected chi connectivity index (χ4v) is 7.10. The molecule has 0 aromatic rings. The summed E-state index contributed by atoms with van der Waals surface area (Å²) in [5, 5.41) is 54.2. The van der Waals surface area contributed by atoms with Crippen LogP contribution in [0.2, 0.25) is 0 Å². The van der Waals surface area contributed by atoms with Crippen molar-refractivity contribution in [2.45, 2.75) is 236 Å². The second-order valence-corrected chi connectivity index (χ2v) is 16.2. The average Bonchev–Trinajstić information content (AvgIpc) is 3.21. The third-order valence-electron chi connectivity index (χ3n) is 10.9. The molecule has 6 N–H and O–H groups in total. The summed E-state index contributed by atoms with van der Waals surface area (Å²) in [5.41, 5.74) is 0. The minimum absolute atomic E-state index is 0.192. The predicted octanol–water partition coefficient (Wildman–Crippen LogP) is 9.84. The molecule has 7 unspecified atom stereocenters. The van der Waals surface area contributed by atoms with Gasteiger partial charge in [0, 0.05) is 6.42 Å². The largest absolute Gasteiger partial charge is 0.394 e. The number of amides is 1. The van der Waals surface area contributed by atoms with Gasteiger partial charge in [0.2, 0.25) is 5.91 Å². The van der Waals surface area contributed by atoms with E-state index in [0.29, 0.717) is 6.42 Å². The topological polar surface area (TPSA) is 149 Å². The third-order valence-corrected chi connectivity index (χ3v) is 10.9. The maximum absolute atomic E-state index is 13.0. The molecular weight excluding hydrogens is 719 g/mol. The summed E-state index contributed by atoms with van der Waals surface area (Å²) in [6.07, 6.45) is 41.5. The molecule has 57 heavy (non-hydrogen) atoms. The van der Waals surface area contributed by atoms with Gasteiger partial charge in [-0.3, -0.25) is 4.79 Å². The van der Waals surface area contributed by atoms with Crippen LogP contribution >= 0.6 is 0 Å². The van der Waals surface area contributed by atoms with Gasteiger partial charge in [0.15, 0.2) is 6.29 Å². The molecule has 0 bridgehead atoms. The van der Waals surface area contributed by atoms with Crippen molar-refractivity contribution in [3.05, 3.63) is 48.6 Å². The van der Waals surface area contributed by atoms with Crippen molar-refractivity contribution in [3.63, 3.8) is 0 Å². The van der Waals surface area contributed by atoms with Crippen LogP contribution in [0.15, 0.2) is 48.6 Å². The van der Waals surface area contributed by atoms with Gasteiger partial charge in [-0.1, -0.05) is 178 Å². The zero-order valence-electron chi connectivity index (χ0n) is 36.3. The van der Waals surface area contributed by atoms with Crippen LogP contribution in [0.4, 0.5) is 0 Å². The first-order valence-corrected chi connectivity index (χ1v) is 23.4. The fourth-order valence-electron chi connectivity index (χ4n) is 7.10. The first-order chi connectivity index (χ1) is 27.8. The average molecular weight is 806 g/mol. The lowest BCUT2D eigenvalue weighted by molar-refractivity contribution is -0.302. The van der Waals surface area contributed by atoms with Gasteiger partial charge < -0.3 is 40.3 Å². The summed E-state index contributed by atoms with van der Waals surface area (Å²) >= 11 is 0. The maximum atomic E-state index is 13.0. The van der Waals surface area contributed by atoms with E-state index in [1.165, 1.54) is 128 Å². The van der Waals surface area contributed by atoms with Crippen molar-refractivity contribution < 1.29 is 39.8 Å². The lowest BCUT2D eigenvalue weighted by Gasteiger charge is -2.40. The Hall–Kier alpha value is -1.85. The van der Waals surface area contributed by atoms with Crippen molar-refractivity contribution in [1.82, 2.24) is 5.32 Å². The first-order valence-electron chi connectivity index (χ1n) is 23.4. The molecule has 9 heteroatoms. The summed E-state index contributed by atoms with van der Waals surface area (Å²) in [7, 11) is 0. The van der Waals surface area contributed by atoms with Crippen molar-refractivity contribution >= 4 is 5.91 Å². The molecule has 1 aliphatic rings. The van der Waals surface area contributed by atoms with Gasteiger partial charge in [0.05, 0.1) is 25.4 Å². The number of hydrogen-bond acceptors (Lipinski definition) is 8. The van der Waals surface area contributed by atoms with E-state index in [1.807, 2.05) is 6.08 Å². The maximum Gasteiger partial charge on any atom is 0.220 e. The highest BCUT2D eigenvalue weighted by molar-refractivity contribution is 5.76. The van der Waals surface area contributed by atoms with Crippen LogP contribution in [0.25, 0.3) is 0 Å². The molecule has 1 rings (SSSR count). The van der Waals surface area contributed by atoms with Crippen LogP contribution in [0.3, 0.4) is 0 Å². The van der Waals surface area contributed by atoms with Gasteiger partial charge >= 0.3 is 0 Å². The van der Waals surface area contributed by atoms with E-state index in [1.54, 1.807) is 6.08 Å². The molecule has 1 aliphatic heterocycles. The van der Waals surface area contributed by atoms with Crippen LogP contribution < -0.4 is 5.32 Å². The number of aliphatic hydroxyl groups is 5. The number of allylic oxidation sites excluding steroid dienone is 7. The predicted molar refractivity (Wildman–Crippen MR) is 235 cm³/mol. The molecule has 1 fully saturated rings. The Morgan fingerprint density at radius 1 is 0.596 bits per heavy atom. The minimum atomic E-state index is -1.57. The van der Waals surface area contributed by atoms with Gasteiger partial charge in [-0.2, -0.15) is 0 Å². The molecule has 7 atom stereocenters. The number of aliphatic hydroxyl groups excluding tert-OH is 5. The zero-order valence-corrected chi connectivity index (χ0v) is 36.3. The molecule has 0 saturated carbocycles. The van der Waals surface area contributed by atoms with E-state index in [4.69, 9.17) is 9.47 Å². The number of carbonyl (C=O) groups excluding carboxylic acids is 1. The molecular formula is C48H87NO8. The number of carbonyl (C=O) groups is 1. The minimum Gasteiger partial charge on any atom is -0.394 e. The molecule has 9 nitrogen and oxygen atoms in total.